The third-order valence-corrected chi connectivity index (χ3v) is 7.59. The number of carbonyl (C=O) groups excluding carboxylic acids is 1. The summed E-state index contributed by atoms with van der Waals surface area (Å²) in [4.78, 5) is 20.5. The molecular formula is C27H31Cl2N7O2. The van der Waals surface area contributed by atoms with E-state index in [0.717, 1.165) is 54.6 Å². The molecule has 4 heterocycles. The molecule has 1 aromatic carbocycles. The first-order valence-corrected chi connectivity index (χ1v) is 13.5. The molecule has 9 nitrogen and oxygen atoms in total. The molecule has 11 heteroatoms. The van der Waals surface area contributed by atoms with Gasteiger partial charge in [-0.05, 0) is 52.1 Å². The molecule has 1 fully saturated rings. The minimum Gasteiger partial charge on any atom is -0.486 e. The first kappa shape index (κ1) is 26.5. The lowest BCUT2D eigenvalue weighted by molar-refractivity contribution is -0.132. The number of aromatic amines is 1. The molecule has 1 atom stereocenters. The highest BCUT2D eigenvalue weighted by atomic mass is 35.5. The zero-order valence-electron chi connectivity index (χ0n) is 21.7. The van der Waals surface area contributed by atoms with Crippen LogP contribution in [0.1, 0.15) is 43.9 Å². The molecule has 200 valence electrons. The van der Waals surface area contributed by atoms with Crippen molar-refractivity contribution in [2.45, 2.75) is 38.3 Å². The number of nitrogens with zero attached hydrogens (tertiary/aromatic N) is 6. The molecule has 0 saturated carbocycles. The molecule has 0 unspecified atom stereocenters. The van der Waals surface area contributed by atoms with Gasteiger partial charge in [0.25, 0.3) is 0 Å². The maximum Gasteiger partial charge on any atom is 0.223 e. The molecule has 0 radical (unpaired) electrons. The van der Waals surface area contributed by atoms with Crippen molar-refractivity contribution in [3.05, 3.63) is 58.6 Å². The van der Waals surface area contributed by atoms with Crippen molar-refractivity contribution in [2.24, 2.45) is 0 Å². The Morgan fingerprint density at radius 3 is 2.63 bits per heavy atom. The summed E-state index contributed by atoms with van der Waals surface area (Å²) < 4.78 is 8.20. The number of piperidine rings is 1. The summed E-state index contributed by atoms with van der Waals surface area (Å²) >= 11 is 12.6. The van der Waals surface area contributed by atoms with Crippen molar-refractivity contribution in [2.75, 3.05) is 33.7 Å². The predicted molar refractivity (Wildman–Crippen MR) is 149 cm³/mol. The maximum atomic E-state index is 12.5. The van der Waals surface area contributed by atoms with E-state index in [2.05, 4.69) is 20.3 Å². The van der Waals surface area contributed by atoms with Crippen LogP contribution in [0.25, 0.3) is 22.2 Å². The molecule has 5 rings (SSSR count). The molecule has 38 heavy (non-hydrogen) atoms. The van der Waals surface area contributed by atoms with Gasteiger partial charge < -0.3 is 14.5 Å². The van der Waals surface area contributed by atoms with Crippen LogP contribution in [-0.2, 0) is 4.79 Å². The minimum absolute atomic E-state index is 0.224. The highest BCUT2D eigenvalue weighted by Gasteiger charge is 2.25. The van der Waals surface area contributed by atoms with E-state index in [1.165, 1.54) is 0 Å². The van der Waals surface area contributed by atoms with Gasteiger partial charge in [0, 0.05) is 61.2 Å². The van der Waals surface area contributed by atoms with E-state index >= 15 is 0 Å². The second-order valence-electron chi connectivity index (χ2n) is 9.93. The van der Waals surface area contributed by atoms with Gasteiger partial charge in [-0.2, -0.15) is 10.2 Å². The Kier molecular flexibility index (Phi) is 7.88. The Labute approximate surface area is 231 Å². The van der Waals surface area contributed by atoms with Gasteiger partial charge in [0.15, 0.2) is 0 Å². The number of hydrogen-bond acceptors (Lipinski definition) is 6. The Bertz CT molecular complexity index is 1410. The van der Waals surface area contributed by atoms with Crippen LogP contribution in [0, 0.1) is 0 Å². The molecule has 1 amide bonds. The van der Waals surface area contributed by atoms with Crippen molar-refractivity contribution in [3.63, 3.8) is 0 Å². The number of ether oxygens (including phenoxy) is 1. The van der Waals surface area contributed by atoms with Crippen molar-refractivity contribution in [1.82, 2.24) is 34.8 Å². The number of fused-ring (bicyclic) bond motifs is 1. The van der Waals surface area contributed by atoms with E-state index in [1.807, 2.05) is 66.1 Å². The molecule has 1 N–H and O–H groups in total. The monoisotopic (exact) mass is 555 g/mol. The van der Waals surface area contributed by atoms with Crippen LogP contribution in [0.4, 0.5) is 0 Å². The summed E-state index contributed by atoms with van der Waals surface area (Å²) in [5.74, 6) is 0.900. The molecule has 0 spiro atoms. The molecule has 3 aromatic heterocycles. The number of rotatable bonds is 8. The lowest BCUT2D eigenvalue weighted by Gasteiger charge is -2.32. The number of halogens is 2. The van der Waals surface area contributed by atoms with Gasteiger partial charge in [-0.25, -0.2) is 0 Å². The van der Waals surface area contributed by atoms with Crippen LogP contribution in [0.2, 0.25) is 10.0 Å². The fourth-order valence-electron chi connectivity index (χ4n) is 4.88. The number of H-pyrrole nitrogens is 1. The van der Waals surface area contributed by atoms with Gasteiger partial charge in [-0.1, -0.05) is 23.2 Å². The Balaban J connectivity index is 1.29. The average Bonchev–Trinajstić information content (AvgIpc) is 3.54. The van der Waals surface area contributed by atoms with Crippen LogP contribution in [0.15, 0.2) is 43.0 Å². The van der Waals surface area contributed by atoms with Crippen molar-refractivity contribution >= 4 is 40.0 Å². The largest absolute Gasteiger partial charge is 0.486 e. The smallest absolute Gasteiger partial charge is 0.223 e. The van der Waals surface area contributed by atoms with Crippen LogP contribution in [0.3, 0.4) is 0 Å². The second-order valence-corrected chi connectivity index (χ2v) is 10.7. The highest BCUT2D eigenvalue weighted by Crippen LogP contribution is 2.35. The Morgan fingerprint density at radius 2 is 1.92 bits per heavy atom. The fraction of sp³-hybridized carbons (Fsp3) is 0.407. The summed E-state index contributed by atoms with van der Waals surface area (Å²) in [6, 6.07) is 6.04. The summed E-state index contributed by atoms with van der Waals surface area (Å²) in [5.41, 5.74) is 3.33. The number of aromatic nitrogens is 5. The normalized spacial score (nSPS) is 15.4. The van der Waals surface area contributed by atoms with E-state index in [0.29, 0.717) is 27.8 Å². The van der Waals surface area contributed by atoms with E-state index < -0.39 is 0 Å². The summed E-state index contributed by atoms with van der Waals surface area (Å²) in [6.07, 6.45) is 8.96. The molecule has 1 saturated heterocycles. The molecule has 0 bridgehead atoms. The molecule has 0 aliphatic carbocycles. The number of pyridine rings is 1. The Hall–Kier alpha value is -3.14. The van der Waals surface area contributed by atoms with Gasteiger partial charge >= 0.3 is 0 Å². The number of benzene rings is 1. The molecule has 1 aliphatic rings. The average molecular weight is 556 g/mol. The third kappa shape index (κ3) is 5.65. The van der Waals surface area contributed by atoms with Crippen molar-refractivity contribution in [3.8, 4) is 17.0 Å². The quantitative estimate of drug-likeness (QED) is 0.313. The van der Waals surface area contributed by atoms with Crippen LogP contribution in [-0.4, -0.2) is 74.4 Å². The van der Waals surface area contributed by atoms with E-state index in [9.17, 15) is 4.79 Å². The first-order valence-electron chi connectivity index (χ1n) is 12.7. The van der Waals surface area contributed by atoms with Gasteiger partial charge in [-0.15, -0.1) is 0 Å². The van der Waals surface area contributed by atoms with Crippen molar-refractivity contribution < 1.29 is 9.53 Å². The van der Waals surface area contributed by atoms with Gasteiger partial charge in [0.1, 0.15) is 17.5 Å². The van der Waals surface area contributed by atoms with Gasteiger partial charge in [0.2, 0.25) is 5.91 Å². The number of hydrogen-bond donors (Lipinski definition) is 1. The predicted octanol–water partition coefficient (Wildman–Crippen LogP) is 5.38. The highest BCUT2D eigenvalue weighted by molar-refractivity contribution is 6.35. The van der Waals surface area contributed by atoms with E-state index in [1.54, 1.807) is 12.4 Å². The number of carbonyl (C=O) groups is 1. The summed E-state index contributed by atoms with van der Waals surface area (Å²) in [7, 11) is 3.97. The standard InChI is InChI=1S/C27H31Cl2N7O2/c1-17(26-22(28)14-30-15-23(26)29)38-20-4-5-24-21(12-20)27(33-32-24)18-13-31-36(16-18)19-6-10-35(11-7-19)25(37)8-9-34(2)3/h4-5,12-17,19H,6-11H2,1-3H3,(H,32,33)/t17-/m1/s1. The van der Waals surface area contributed by atoms with Crippen LogP contribution < -0.4 is 4.74 Å². The second kappa shape index (κ2) is 11.3. The van der Waals surface area contributed by atoms with E-state index in [4.69, 9.17) is 27.9 Å². The number of amides is 1. The summed E-state index contributed by atoms with van der Waals surface area (Å²) in [6.45, 7) is 4.18. The third-order valence-electron chi connectivity index (χ3n) is 6.98. The van der Waals surface area contributed by atoms with Gasteiger partial charge in [0.05, 0.1) is 27.8 Å². The van der Waals surface area contributed by atoms with E-state index in [-0.39, 0.29) is 18.1 Å². The van der Waals surface area contributed by atoms with Gasteiger partial charge in [-0.3, -0.25) is 19.6 Å². The lowest BCUT2D eigenvalue weighted by Crippen LogP contribution is -2.40. The molecule has 4 aromatic rings. The zero-order chi connectivity index (χ0) is 26.8. The molecule has 1 aliphatic heterocycles. The van der Waals surface area contributed by atoms with Crippen LogP contribution in [0.5, 0.6) is 5.75 Å². The summed E-state index contributed by atoms with van der Waals surface area (Å²) in [5, 5.41) is 14.2. The fourth-order valence-corrected chi connectivity index (χ4v) is 5.55. The lowest BCUT2D eigenvalue weighted by atomic mass is 10.0. The number of likely N-dealkylation sites (tertiary alicyclic amines) is 1. The number of nitrogens with one attached hydrogen (secondary N) is 1. The first-order chi connectivity index (χ1) is 18.3. The zero-order valence-corrected chi connectivity index (χ0v) is 23.2. The van der Waals surface area contributed by atoms with Crippen molar-refractivity contribution in [1.29, 1.82) is 0 Å². The molecular weight excluding hydrogens is 525 g/mol. The maximum absolute atomic E-state index is 12.5. The van der Waals surface area contributed by atoms with Crippen LogP contribution >= 0.6 is 23.2 Å². The topological polar surface area (TPSA) is 92.2 Å². The Morgan fingerprint density at radius 1 is 1.18 bits per heavy atom. The SMILES string of the molecule is C[C@@H](Oc1ccc2[nH]nc(-c3cnn(C4CCN(C(=O)CCN(C)C)CC4)c3)c2c1)c1c(Cl)cncc1Cl. The minimum atomic E-state index is -0.366.